The van der Waals surface area contributed by atoms with E-state index in [2.05, 4.69) is 27.5 Å². The molecule has 1 aromatic heterocycles. The van der Waals surface area contributed by atoms with Gasteiger partial charge in [-0.05, 0) is 49.4 Å². The van der Waals surface area contributed by atoms with Gasteiger partial charge in [0.15, 0.2) is 4.80 Å². The minimum atomic E-state index is -3.77. The lowest BCUT2D eigenvalue weighted by Gasteiger charge is -2.33. The van der Waals surface area contributed by atoms with Crippen LogP contribution in [0.15, 0.2) is 69.5 Å². The van der Waals surface area contributed by atoms with Gasteiger partial charge in [0.1, 0.15) is 0 Å². The van der Waals surface area contributed by atoms with E-state index in [0.29, 0.717) is 11.3 Å². The first-order valence-electron chi connectivity index (χ1n) is 11.3. The Bertz CT molecular complexity index is 1470. The van der Waals surface area contributed by atoms with Crippen LogP contribution in [-0.4, -0.2) is 67.0 Å². The number of hydrogen-bond acceptors (Lipinski definition) is 6. The van der Waals surface area contributed by atoms with Crippen LogP contribution < -0.4 is 4.80 Å². The van der Waals surface area contributed by atoms with Crippen molar-refractivity contribution >= 4 is 59.5 Å². The summed E-state index contributed by atoms with van der Waals surface area (Å²) in [6.45, 7) is 7.12. The maximum Gasteiger partial charge on any atom is 0.409 e. The largest absolute Gasteiger partial charge is 0.450 e. The van der Waals surface area contributed by atoms with E-state index >= 15 is 0 Å². The van der Waals surface area contributed by atoms with Gasteiger partial charge in [0.2, 0.25) is 10.0 Å². The number of hydrogen-bond donors (Lipinski definition) is 0. The highest BCUT2D eigenvalue weighted by molar-refractivity contribution is 9.10. The number of sulfonamides is 1. The number of benzene rings is 2. The predicted molar refractivity (Wildman–Crippen MR) is 141 cm³/mol. The third-order valence-corrected chi connectivity index (χ3v) is 9.10. The summed E-state index contributed by atoms with van der Waals surface area (Å²) in [5, 5.41) is 0. The van der Waals surface area contributed by atoms with Crippen LogP contribution >= 0.6 is 27.3 Å². The molecule has 12 heteroatoms. The topological polar surface area (TPSA) is 101 Å². The maximum absolute atomic E-state index is 13.1. The first kappa shape index (κ1) is 26.3. The number of amides is 2. The Balaban J connectivity index is 1.53. The molecule has 190 valence electrons. The van der Waals surface area contributed by atoms with Crippen LogP contribution in [0.5, 0.6) is 0 Å². The van der Waals surface area contributed by atoms with Crippen molar-refractivity contribution in [3.05, 3.63) is 70.0 Å². The molecule has 0 aliphatic carbocycles. The number of piperazine rings is 1. The van der Waals surface area contributed by atoms with Crippen molar-refractivity contribution in [2.24, 2.45) is 4.99 Å². The second-order valence-electron chi connectivity index (χ2n) is 7.93. The van der Waals surface area contributed by atoms with Crippen molar-refractivity contribution in [3.8, 4) is 0 Å². The number of fused-ring (bicyclic) bond motifs is 1. The molecule has 4 rings (SSSR count). The molecule has 0 unspecified atom stereocenters. The van der Waals surface area contributed by atoms with Gasteiger partial charge in [-0.2, -0.15) is 9.30 Å². The fourth-order valence-electron chi connectivity index (χ4n) is 3.83. The fraction of sp³-hybridized carbons (Fsp3) is 0.292. The molecule has 1 aliphatic heterocycles. The second-order valence-corrected chi connectivity index (χ2v) is 11.8. The number of aromatic nitrogens is 1. The number of carbonyl (C=O) groups excluding carboxylic acids is 2. The zero-order valence-corrected chi connectivity index (χ0v) is 22.8. The molecule has 0 radical (unpaired) electrons. The molecular formula is C24H25BrN4O5S2. The van der Waals surface area contributed by atoms with E-state index in [0.717, 1.165) is 14.7 Å². The fourth-order valence-corrected chi connectivity index (χ4v) is 6.85. The van der Waals surface area contributed by atoms with Gasteiger partial charge >= 0.3 is 6.09 Å². The summed E-state index contributed by atoms with van der Waals surface area (Å²) in [6.07, 6.45) is 1.30. The van der Waals surface area contributed by atoms with Crippen LogP contribution in [-0.2, 0) is 21.3 Å². The number of nitrogens with zero attached hydrogens (tertiary/aromatic N) is 4. The van der Waals surface area contributed by atoms with Gasteiger partial charge in [0.25, 0.3) is 5.91 Å². The lowest BCUT2D eigenvalue weighted by Crippen LogP contribution is -2.50. The smallest absolute Gasteiger partial charge is 0.409 e. The predicted octanol–water partition coefficient (Wildman–Crippen LogP) is 3.86. The highest BCUT2D eigenvalue weighted by Gasteiger charge is 2.30. The number of rotatable bonds is 6. The molecule has 1 aliphatic rings. The Hall–Kier alpha value is -2.80. The summed E-state index contributed by atoms with van der Waals surface area (Å²) >= 11 is 4.85. The zero-order chi connectivity index (χ0) is 25.9. The summed E-state index contributed by atoms with van der Waals surface area (Å²) in [7, 11) is -3.77. The highest BCUT2D eigenvalue weighted by Crippen LogP contribution is 2.23. The number of ether oxygens (including phenoxy) is 1. The van der Waals surface area contributed by atoms with Gasteiger partial charge in [0.05, 0.1) is 21.7 Å². The molecule has 9 nitrogen and oxygen atoms in total. The quantitative estimate of drug-likeness (QED) is 0.405. The number of thiazole rings is 1. The van der Waals surface area contributed by atoms with Gasteiger partial charge < -0.3 is 14.2 Å². The third kappa shape index (κ3) is 5.46. The monoisotopic (exact) mass is 592 g/mol. The van der Waals surface area contributed by atoms with Crippen molar-refractivity contribution < 1.29 is 22.7 Å². The zero-order valence-electron chi connectivity index (χ0n) is 19.6. The summed E-state index contributed by atoms with van der Waals surface area (Å²) in [4.78, 5) is 31.2. The number of carbonyl (C=O) groups is 2. The summed E-state index contributed by atoms with van der Waals surface area (Å²) < 4.78 is 36.3. The van der Waals surface area contributed by atoms with Gasteiger partial charge in [-0.25, -0.2) is 13.2 Å². The van der Waals surface area contributed by atoms with Crippen LogP contribution in [0.3, 0.4) is 0 Å². The summed E-state index contributed by atoms with van der Waals surface area (Å²) in [5.74, 6) is -0.467. The lowest BCUT2D eigenvalue weighted by molar-refractivity contribution is 0.0933. The van der Waals surface area contributed by atoms with E-state index < -0.39 is 22.0 Å². The van der Waals surface area contributed by atoms with Gasteiger partial charge in [0, 0.05) is 42.8 Å². The average molecular weight is 594 g/mol. The Morgan fingerprint density at radius 2 is 1.83 bits per heavy atom. The van der Waals surface area contributed by atoms with Gasteiger partial charge in [-0.15, -0.1) is 6.58 Å². The normalized spacial score (nSPS) is 15.3. The molecule has 0 atom stereocenters. The molecule has 0 N–H and O–H groups in total. The molecule has 2 aromatic carbocycles. The van der Waals surface area contributed by atoms with E-state index in [4.69, 9.17) is 4.74 Å². The van der Waals surface area contributed by atoms with Crippen LogP contribution in [0.2, 0.25) is 0 Å². The first-order valence-corrected chi connectivity index (χ1v) is 14.3. The minimum absolute atomic E-state index is 0.0806. The van der Waals surface area contributed by atoms with Gasteiger partial charge in [-0.1, -0.05) is 33.3 Å². The molecule has 1 fully saturated rings. The van der Waals surface area contributed by atoms with E-state index in [1.807, 2.05) is 22.8 Å². The second kappa shape index (κ2) is 11.1. The van der Waals surface area contributed by atoms with E-state index in [-0.39, 0.29) is 43.2 Å². The van der Waals surface area contributed by atoms with Crippen molar-refractivity contribution in [2.45, 2.75) is 18.4 Å². The number of allylic oxidation sites excluding steroid dienone is 1. The molecule has 0 spiro atoms. The van der Waals surface area contributed by atoms with Gasteiger partial charge in [-0.3, -0.25) is 4.79 Å². The minimum Gasteiger partial charge on any atom is -0.450 e. The molecule has 3 aromatic rings. The molecule has 2 amide bonds. The van der Waals surface area contributed by atoms with Crippen molar-refractivity contribution in [2.75, 3.05) is 32.8 Å². The SMILES string of the molecule is C=CCn1c(=NC(=O)c2ccc(S(=O)(=O)N3CCN(C(=O)OCC)CC3)cc2)sc2cc(Br)ccc21. The Labute approximate surface area is 221 Å². The summed E-state index contributed by atoms with van der Waals surface area (Å²) in [5.41, 5.74) is 1.23. The van der Waals surface area contributed by atoms with E-state index in [9.17, 15) is 18.0 Å². The van der Waals surface area contributed by atoms with E-state index in [1.54, 1.807) is 13.0 Å². The van der Waals surface area contributed by atoms with Crippen molar-refractivity contribution in [3.63, 3.8) is 0 Å². The van der Waals surface area contributed by atoms with Crippen LogP contribution in [0.4, 0.5) is 4.79 Å². The Kier molecular flexibility index (Phi) is 8.08. The average Bonchev–Trinajstić information content (AvgIpc) is 3.20. The molecule has 1 saturated heterocycles. The Morgan fingerprint density at radius 1 is 1.14 bits per heavy atom. The molecule has 0 saturated carbocycles. The van der Waals surface area contributed by atoms with Crippen molar-refractivity contribution in [1.29, 1.82) is 0 Å². The van der Waals surface area contributed by atoms with Crippen molar-refractivity contribution in [1.82, 2.24) is 13.8 Å². The standard InChI is InChI=1S/C24H25BrN4O5S2/c1-3-11-29-20-10-7-18(25)16-21(20)35-23(29)26-22(30)17-5-8-19(9-6-17)36(32,33)28-14-12-27(13-15-28)24(31)34-4-2/h3,5-10,16H,1,4,11-15H2,2H3. The third-order valence-electron chi connectivity index (χ3n) is 5.66. The van der Waals surface area contributed by atoms with Crippen LogP contribution in [0, 0.1) is 0 Å². The van der Waals surface area contributed by atoms with E-state index in [1.165, 1.54) is 44.8 Å². The first-order chi connectivity index (χ1) is 17.2. The molecule has 36 heavy (non-hydrogen) atoms. The molecular weight excluding hydrogens is 568 g/mol. The molecule has 2 heterocycles. The lowest BCUT2D eigenvalue weighted by atomic mass is 10.2. The maximum atomic E-state index is 13.1. The number of halogens is 1. The highest BCUT2D eigenvalue weighted by atomic mass is 79.9. The van der Waals surface area contributed by atoms with Crippen LogP contribution in [0.25, 0.3) is 10.2 Å². The summed E-state index contributed by atoms with van der Waals surface area (Å²) in [6, 6.07) is 11.6. The van der Waals surface area contributed by atoms with Crippen LogP contribution in [0.1, 0.15) is 17.3 Å². The molecule has 0 bridgehead atoms. The Morgan fingerprint density at radius 3 is 2.47 bits per heavy atom.